The summed E-state index contributed by atoms with van der Waals surface area (Å²) in [6, 6.07) is 13.0. The molecule has 1 atom stereocenters. The molecule has 112 valence electrons. The van der Waals surface area contributed by atoms with Crippen molar-refractivity contribution < 1.29 is 9.13 Å². The van der Waals surface area contributed by atoms with E-state index in [1.165, 1.54) is 11.6 Å². The summed E-state index contributed by atoms with van der Waals surface area (Å²) in [6.07, 6.45) is 1.80. The van der Waals surface area contributed by atoms with Crippen LogP contribution < -0.4 is 10.5 Å². The van der Waals surface area contributed by atoms with E-state index in [1.807, 2.05) is 18.2 Å². The number of rotatable bonds is 6. The van der Waals surface area contributed by atoms with E-state index in [2.05, 4.69) is 28.9 Å². The number of ether oxygens (including phenoxy) is 1. The first kappa shape index (κ1) is 16.0. The first-order valence-corrected chi connectivity index (χ1v) is 7.79. The Morgan fingerprint density at radius 3 is 2.71 bits per heavy atom. The van der Waals surface area contributed by atoms with Gasteiger partial charge in [-0.15, -0.1) is 0 Å². The molecular formula is C17H19BrFNO. The normalized spacial score (nSPS) is 12.2. The summed E-state index contributed by atoms with van der Waals surface area (Å²) >= 11 is 3.17. The molecule has 2 nitrogen and oxygen atoms in total. The van der Waals surface area contributed by atoms with Gasteiger partial charge in [-0.25, -0.2) is 4.39 Å². The third kappa shape index (κ3) is 4.83. The minimum absolute atomic E-state index is 0.174. The zero-order chi connectivity index (χ0) is 15.2. The highest BCUT2D eigenvalue weighted by atomic mass is 79.9. The molecule has 0 heterocycles. The van der Waals surface area contributed by atoms with Crippen LogP contribution in [0.1, 0.15) is 24.5 Å². The first-order valence-electron chi connectivity index (χ1n) is 6.99. The van der Waals surface area contributed by atoms with Crippen molar-refractivity contribution in [1.29, 1.82) is 0 Å². The number of nitrogens with two attached hydrogens (primary N) is 1. The van der Waals surface area contributed by atoms with Gasteiger partial charge in [0, 0.05) is 6.04 Å². The van der Waals surface area contributed by atoms with E-state index >= 15 is 0 Å². The molecule has 0 aliphatic carbocycles. The second-order valence-corrected chi connectivity index (χ2v) is 5.91. The van der Waals surface area contributed by atoms with Crippen molar-refractivity contribution >= 4 is 15.9 Å². The monoisotopic (exact) mass is 351 g/mol. The summed E-state index contributed by atoms with van der Waals surface area (Å²) in [5.41, 5.74) is 8.05. The van der Waals surface area contributed by atoms with E-state index in [0.717, 1.165) is 24.2 Å². The van der Waals surface area contributed by atoms with Crippen molar-refractivity contribution in [1.82, 2.24) is 0 Å². The van der Waals surface area contributed by atoms with Crippen LogP contribution in [-0.4, -0.2) is 6.04 Å². The van der Waals surface area contributed by atoms with Crippen LogP contribution in [0.2, 0.25) is 0 Å². The second-order valence-electron chi connectivity index (χ2n) is 5.06. The van der Waals surface area contributed by atoms with Gasteiger partial charge >= 0.3 is 0 Å². The molecule has 21 heavy (non-hydrogen) atoms. The molecule has 2 aromatic rings. The number of hydrogen-bond acceptors (Lipinski definition) is 2. The largest absolute Gasteiger partial charge is 0.489 e. The number of benzene rings is 2. The maximum Gasteiger partial charge on any atom is 0.137 e. The molecule has 1 unspecified atom stereocenters. The molecule has 2 N–H and O–H groups in total. The summed E-state index contributed by atoms with van der Waals surface area (Å²) in [7, 11) is 0. The second kappa shape index (κ2) is 7.57. The van der Waals surface area contributed by atoms with E-state index < -0.39 is 0 Å². The minimum atomic E-state index is -0.269. The molecule has 0 saturated carbocycles. The highest BCUT2D eigenvalue weighted by molar-refractivity contribution is 9.10. The van der Waals surface area contributed by atoms with E-state index in [-0.39, 0.29) is 11.9 Å². The van der Waals surface area contributed by atoms with E-state index in [0.29, 0.717) is 11.1 Å². The Morgan fingerprint density at radius 2 is 2.00 bits per heavy atom. The summed E-state index contributed by atoms with van der Waals surface area (Å²) in [5, 5.41) is 0. The van der Waals surface area contributed by atoms with Crippen molar-refractivity contribution in [2.24, 2.45) is 5.73 Å². The standard InChI is InChI=1S/C17H19BrFNO/c1-2-14(20)8-12-4-3-5-15(9-12)21-11-13-6-7-17(19)16(18)10-13/h3-7,9-10,14H,2,8,11,20H2,1H3. The third-order valence-corrected chi connectivity index (χ3v) is 3.92. The lowest BCUT2D eigenvalue weighted by Crippen LogP contribution is -2.21. The van der Waals surface area contributed by atoms with Gasteiger partial charge < -0.3 is 10.5 Å². The van der Waals surface area contributed by atoms with Crippen molar-refractivity contribution in [3.63, 3.8) is 0 Å². The van der Waals surface area contributed by atoms with Crippen LogP contribution in [0, 0.1) is 5.82 Å². The summed E-state index contributed by atoms with van der Waals surface area (Å²) in [4.78, 5) is 0. The molecular weight excluding hydrogens is 333 g/mol. The van der Waals surface area contributed by atoms with Crippen LogP contribution >= 0.6 is 15.9 Å². The molecule has 0 aromatic heterocycles. The van der Waals surface area contributed by atoms with Crippen LogP contribution in [0.25, 0.3) is 0 Å². The first-order chi connectivity index (χ1) is 10.1. The average Bonchev–Trinajstić information content (AvgIpc) is 2.49. The Morgan fingerprint density at radius 1 is 1.19 bits per heavy atom. The highest BCUT2D eigenvalue weighted by Crippen LogP contribution is 2.20. The fourth-order valence-electron chi connectivity index (χ4n) is 2.01. The molecule has 0 fully saturated rings. The fourth-order valence-corrected chi connectivity index (χ4v) is 2.43. The zero-order valence-corrected chi connectivity index (χ0v) is 13.6. The van der Waals surface area contributed by atoms with Crippen LogP contribution in [0.5, 0.6) is 5.75 Å². The molecule has 0 aliphatic heterocycles. The predicted octanol–water partition coefficient (Wildman–Crippen LogP) is 4.45. The van der Waals surface area contributed by atoms with Gasteiger partial charge in [0.05, 0.1) is 4.47 Å². The zero-order valence-electron chi connectivity index (χ0n) is 12.0. The molecule has 0 radical (unpaired) electrons. The molecule has 0 amide bonds. The van der Waals surface area contributed by atoms with Gasteiger partial charge in [-0.3, -0.25) is 0 Å². The maximum atomic E-state index is 13.2. The molecule has 0 saturated heterocycles. The minimum Gasteiger partial charge on any atom is -0.489 e. The summed E-state index contributed by atoms with van der Waals surface area (Å²) in [5.74, 6) is 0.533. The quantitative estimate of drug-likeness (QED) is 0.834. The molecule has 2 aromatic carbocycles. The van der Waals surface area contributed by atoms with Crippen LogP contribution in [0.3, 0.4) is 0 Å². The van der Waals surface area contributed by atoms with Gasteiger partial charge in [-0.05, 0) is 64.2 Å². The number of halogens is 2. The van der Waals surface area contributed by atoms with E-state index in [9.17, 15) is 4.39 Å². The van der Waals surface area contributed by atoms with Gasteiger partial charge in [0.25, 0.3) is 0 Å². The van der Waals surface area contributed by atoms with Gasteiger partial charge in [0.15, 0.2) is 0 Å². The Bertz CT molecular complexity index is 603. The average molecular weight is 352 g/mol. The maximum absolute atomic E-state index is 13.2. The van der Waals surface area contributed by atoms with Crippen molar-refractivity contribution in [3.8, 4) is 5.75 Å². The Hall–Kier alpha value is -1.39. The van der Waals surface area contributed by atoms with Crippen molar-refractivity contribution in [2.75, 3.05) is 0 Å². The lowest BCUT2D eigenvalue weighted by molar-refractivity contribution is 0.305. The van der Waals surface area contributed by atoms with Gasteiger partial charge in [0.2, 0.25) is 0 Å². The highest BCUT2D eigenvalue weighted by Gasteiger charge is 2.04. The summed E-state index contributed by atoms with van der Waals surface area (Å²) in [6.45, 7) is 2.49. The van der Waals surface area contributed by atoms with E-state index in [4.69, 9.17) is 10.5 Å². The van der Waals surface area contributed by atoms with Crippen LogP contribution in [-0.2, 0) is 13.0 Å². The van der Waals surface area contributed by atoms with Gasteiger partial charge in [0.1, 0.15) is 18.2 Å². The SMILES string of the molecule is CCC(N)Cc1cccc(OCc2ccc(F)c(Br)c2)c1. The third-order valence-electron chi connectivity index (χ3n) is 3.31. The Labute approximate surface area is 133 Å². The van der Waals surface area contributed by atoms with Crippen LogP contribution in [0.4, 0.5) is 4.39 Å². The van der Waals surface area contributed by atoms with Gasteiger partial charge in [-0.2, -0.15) is 0 Å². The lowest BCUT2D eigenvalue weighted by Gasteiger charge is -2.11. The van der Waals surface area contributed by atoms with Gasteiger partial charge in [-0.1, -0.05) is 25.1 Å². The Balaban J connectivity index is 1.99. The molecule has 0 spiro atoms. The summed E-state index contributed by atoms with van der Waals surface area (Å²) < 4.78 is 19.4. The fraction of sp³-hybridized carbons (Fsp3) is 0.294. The number of hydrogen-bond donors (Lipinski definition) is 1. The topological polar surface area (TPSA) is 35.2 Å². The molecule has 2 rings (SSSR count). The van der Waals surface area contributed by atoms with Crippen molar-refractivity contribution in [3.05, 3.63) is 63.9 Å². The lowest BCUT2D eigenvalue weighted by atomic mass is 10.0. The predicted molar refractivity (Wildman–Crippen MR) is 86.8 cm³/mol. The van der Waals surface area contributed by atoms with Crippen LogP contribution in [0.15, 0.2) is 46.9 Å². The molecule has 0 bridgehead atoms. The molecule has 4 heteroatoms. The van der Waals surface area contributed by atoms with E-state index in [1.54, 1.807) is 12.1 Å². The molecule has 0 aliphatic rings. The smallest absolute Gasteiger partial charge is 0.137 e. The Kier molecular flexibility index (Phi) is 5.76. The van der Waals surface area contributed by atoms with Crippen molar-refractivity contribution in [2.45, 2.75) is 32.4 Å².